The highest BCUT2D eigenvalue weighted by Gasteiger charge is 2.36. The van der Waals surface area contributed by atoms with Crippen LogP contribution in [-0.4, -0.2) is 67.0 Å². The molecule has 2 atom stereocenters. The Labute approximate surface area is 165 Å². The maximum absolute atomic E-state index is 12.1. The highest BCUT2D eigenvalue weighted by molar-refractivity contribution is 7.47. The smallest absolute Gasteiger partial charge is 0.399 e. The van der Waals surface area contributed by atoms with Gasteiger partial charge in [0.1, 0.15) is 13.2 Å². The van der Waals surface area contributed by atoms with Gasteiger partial charge in [0.25, 0.3) is 0 Å². The summed E-state index contributed by atoms with van der Waals surface area (Å²) in [7, 11) is -2.79. The summed E-state index contributed by atoms with van der Waals surface area (Å²) in [6, 6.07) is 0. The number of nitrogens with one attached hydrogen (secondary N) is 2. The number of oxime groups is 1. The minimum absolute atomic E-state index is 0.0158. The molecule has 0 aliphatic rings. The molecule has 0 aromatic heterocycles. The summed E-state index contributed by atoms with van der Waals surface area (Å²) in [5.74, 6) is -0.978. The Hall–Kier alpha value is -1.52. The molecule has 1 unspecified atom stereocenters. The lowest BCUT2D eigenvalue weighted by Crippen LogP contribution is -2.46. The van der Waals surface area contributed by atoms with Gasteiger partial charge in [0.2, 0.25) is 11.8 Å². The highest BCUT2D eigenvalue weighted by atomic mass is 31.2. The van der Waals surface area contributed by atoms with E-state index in [1.54, 1.807) is 6.92 Å². The first-order valence-corrected chi connectivity index (χ1v) is 10.4. The predicted octanol–water partition coefficient (Wildman–Crippen LogP) is 0.562. The van der Waals surface area contributed by atoms with Gasteiger partial charge >= 0.3 is 7.82 Å². The van der Waals surface area contributed by atoms with Crippen molar-refractivity contribution in [1.82, 2.24) is 10.6 Å². The molecule has 0 saturated carbocycles. The number of aliphatic hydroxyl groups is 1. The summed E-state index contributed by atoms with van der Waals surface area (Å²) in [5, 5.41) is 19.0. The Morgan fingerprint density at radius 2 is 1.79 bits per heavy atom. The minimum atomic E-state index is -4.23. The van der Waals surface area contributed by atoms with Gasteiger partial charge in [-0.2, -0.15) is 0 Å². The maximum Gasteiger partial charge on any atom is 0.472 e. The SMILES string of the molecule is CCOP(=O)(O)OCC(C)(C)[C@H](O)C(=O)NCCC(=O)NCC/C(C)=N/OC. The molecule has 164 valence electrons. The van der Waals surface area contributed by atoms with Crippen molar-refractivity contribution in [3.8, 4) is 0 Å². The zero-order valence-electron chi connectivity index (χ0n) is 17.1. The van der Waals surface area contributed by atoms with Crippen molar-refractivity contribution < 1.29 is 38.0 Å². The number of carbonyl (C=O) groups is 2. The monoisotopic (exact) mass is 425 g/mol. The van der Waals surface area contributed by atoms with Crippen LogP contribution in [0.3, 0.4) is 0 Å². The van der Waals surface area contributed by atoms with E-state index in [1.807, 2.05) is 0 Å². The molecule has 2 amide bonds. The number of phosphoric ester groups is 1. The van der Waals surface area contributed by atoms with Gasteiger partial charge in [-0.3, -0.25) is 18.6 Å². The summed E-state index contributed by atoms with van der Waals surface area (Å²) in [6.45, 7) is 6.33. The summed E-state index contributed by atoms with van der Waals surface area (Å²) in [6.07, 6.45) is -0.938. The third-order valence-corrected chi connectivity index (χ3v) is 4.63. The van der Waals surface area contributed by atoms with Crippen LogP contribution in [0.1, 0.15) is 40.5 Å². The topological polar surface area (TPSA) is 156 Å². The van der Waals surface area contributed by atoms with Crippen molar-refractivity contribution in [2.45, 2.75) is 46.6 Å². The first-order chi connectivity index (χ1) is 12.9. The van der Waals surface area contributed by atoms with E-state index in [4.69, 9.17) is 4.52 Å². The van der Waals surface area contributed by atoms with Gasteiger partial charge in [0.05, 0.1) is 18.9 Å². The van der Waals surface area contributed by atoms with Gasteiger partial charge in [-0.25, -0.2) is 4.57 Å². The van der Waals surface area contributed by atoms with Gasteiger partial charge in [0, 0.05) is 31.3 Å². The van der Waals surface area contributed by atoms with Gasteiger partial charge in [-0.1, -0.05) is 19.0 Å². The van der Waals surface area contributed by atoms with Gasteiger partial charge < -0.3 is 25.5 Å². The zero-order chi connectivity index (χ0) is 21.8. The molecule has 28 heavy (non-hydrogen) atoms. The van der Waals surface area contributed by atoms with E-state index in [-0.39, 0.29) is 32.1 Å². The quantitative estimate of drug-likeness (QED) is 0.179. The third kappa shape index (κ3) is 11.4. The molecule has 0 spiro atoms. The molecule has 0 aromatic rings. The van der Waals surface area contributed by atoms with E-state index in [0.717, 1.165) is 5.71 Å². The molecule has 0 radical (unpaired) electrons. The first kappa shape index (κ1) is 26.5. The fraction of sp³-hybridized carbons (Fsp3) is 0.812. The Balaban J connectivity index is 4.27. The van der Waals surface area contributed by atoms with Crippen LogP contribution in [0.2, 0.25) is 0 Å². The molecule has 0 saturated heterocycles. The number of hydrogen-bond donors (Lipinski definition) is 4. The lowest BCUT2D eigenvalue weighted by atomic mass is 9.87. The molecule has 0 bridgehead atoms. The second kappa shape index (κ2) is 12.8. The molecular weight excluding hydrogens is 393 g/mol. The Kier molecular flexibility index (Phi) is 12.1. The fourth-order valence-electron chi connectivity index (χ4n) is 1.95. The fourth-order valence-corrected chi connectivity index (χ4v) is 2.85. The number of aliphatic hydroxyl groups excluding tert-OH is 1. The molecule has 0 aromatic carbocycles. The standard InChI is InChI=1S/C16H32N3O8P/c1-6-26-28(23,24)27-11-16(3,4)14(21)15(22)18-10-8-13(20)17-9-7-12(2)19-25-5/h14,21H,6-11H2,1-5H3,(H,17,20)(H,18,22)(H,23,24)/b19-12+/t14-/m1/s1. The normalized spacial score (nSPS) is 15.5. The average molecular weight is 425 g/mol. The number of hydrogen-bond acceptors (Lipinski definition) is 8. The Bertz CT molecular complexity index is 582. The average Bonchev–Trinajstić information content (AvgIpc) is 2.59. The van der Waals surface area contributed by atoms with E-state index < -0.39 is 25.2 Å². The minimum Gasteiger partial charge on any atom is -0.399 e. The third-order valence-electron chi connectivity index (χ3n) is 3.59. The van der Waals surface area contributed by atoms with Crippen LogP contribution < -0.4 is 10.6 Å². The lowest BCUT2D eigenvalue weighted by molar-refractivity contribution is -0.137. The highest BCUT2D eigenvalue weighted by Crippen LogP contribution is 2.44. The van der Waals surface area contributed by atoms with Crippen molar-refractivity contribution in [3.63, 3.8) is 0 Å². The van der Waals surface area contributed by atoms with Crippen LogP contribution in [0.15, 0.2) is 5.16 Å². The molecule has 12 heteroatoms. The molecular formula is C16H32N3O8P. The predicted molar refractivity (Wildman–Crippen MR) is 103 cm³/mol. The number of nitrogens with zero attached hydrogens (tertiary/aromatic N) is 1. The van der Waals surface area contributed by atoms with E-state index >= 15 is 0 Å². The van der Waals surface area contributed by atoms with Gasteiger partial charge in [0.15, 0.2) is 0 Å². The number of carbonyl (C=O) groups excluding carboxylic acids is 2. The number of amides is 2. The van der Waals surface area contributed by atoms with Gasteiger partial charge in [-0.05, 0) is 13.8 Å². The second-order valence-corrected chi connectivity index (χ2v) is 8.15. The zero-order valence-corrected chi connectivity index (χ0v) is 18.0. The lowest BCUT2D eigenvalue weighted by Gasteiger charge is -2.29. The van der Waals surface area contributed by atoms with E-state index in [0.29, 0.717) is 13.0 Å². The summed E-state index contributed by atoms with van der Waals surface area (Å²) in [4.78, 5) is 37.8. The summed E-state index contributed by atoms with van der Waals surface area (Å²) < 4.78 is 20.9. The second-order valence-electron chi connectivity index (χ2n) is 6.70. The van der Waals surface area contributed by atoms with Crippen LogP contribution in [-0.2, 0) is 28.0 Å². The van der Waals surface area contributed by atoms with Crippen LogP contribution in [0.5, 0.6) is 0 Å². The summed E-state index contributed by atoms with van der Waals surface area (Å²) in [5.41, 5.74) is -0.416. The Morgan fingerprint density at radius 3 is 2.36 bits per heavy atom. The van der Waals surface area contributed by atoms with E-state index in [1.165, 1.54) is 27.9 Å². The number of phosphoric acid groups is 1. The molecule has 11 nitrogen and oxygen atoms in total. The van der Waals surface area contributed by atoms with Crippen LogP contribution in [0, 0.1) is 5.41 Å². The molecule has 4 N–H and O–H groups in total. The van der Waals surface area contributed by atoms with Crippen molar-refractivity contribution >= 4 is 25.3 Å². The van der Waals surface area contributed by atoms with Crippen molar-refractivity contribution in [3.05, 3.63) is 0 Å². The van der Waals surface area contributed by atoms with Crippen LogP contribution in [0.4, 0.5) is 0 Å². The molecule has 0 heterocycles. The molecule has 0 aliphatic carbocycles. The maximum atomic E-state index is 12.1. The number of rotatable bonds is 14. The largest absolute Gasteiger partial charge is 0.472 e. The van der Waals surface area contributed by atoms with E-state index in [2.05, 4.69) is 25.2 Å². The molecule has 0 fully saturated rings. The molecule has 0 aliphatic heterocycles. The van der Waals surface area contributed by atoms with Crippen LogP contribution in [0.25, 0.3) is 0 Å². The van der Waals surface area contributed by atoms with Crippen molar-refractivity contribution in [2.75, 3.05) is 33.4 Å². The van der Waals surface area contributed by atoms with E-state index in [9.17, 15) is 24.2 Å². The first-order valence-electron chi connectivity index (χ1n) is 8.86. The van der Waals surface area contributed by atoms with Crippen molar-refractivity contribution in [1.29, 1.82) is 0 Å². The van der Waals surface area contributed by atoms with Gasteiger partial charge in [-0.15, -0.1) is 0 Å². The summed E-state index contributed by atoms with van der Waals surface area (Å²) >= 11 is 0. The Morgan fingerprint density at radius 1 is 1.18 bits per heavy atom. The van der Waals surface area contributed by atoms with Crippen LogP contribution >= 0.6 is 7.82 Å². The molecule has 0 rings (SSSR count). The van der Waals surface area contributed by atoms with Crippen molar-refractivity contribution in [2.24, 2.45) is 10.6 Å².